The largest absolute Gasteiger partial charge is 0.346 e. The lowest BCUT2D eigenvalue weighted by Gasteiger charge is -2.10. The van der Waals surface area contributed by atoms with Crippen LogP contribution in [0.2, 0.25) is 0 Å². The van der Waals surface area contributed by atoms with Gasteiger partial charge in [0.2, 0.25) is 0 Å². The lowest BCUT2D eigenvalue weighted by atomic mass is 10.2. The van der Waals surface area contributed by atoms with Gasteiger partial charge in [-0.25, -0.2) is 9.78 Å². The van der Waals surface area contributed by atoms with Crippen molar-refractivity contribution in [2.75, 3.05) is 19.8 Å². The highest BCUT2D eigenvalue weighted by Crippen LogP contribution is 2.16. The van der Waals surface area contributed by atoms with E-state index in [1.165, 1.54) is 9.58 Å². The molecule has 0 fully saturated rings. The Morgan fingerprint density at radius 1 is 1.41 bits per heavy atom. The molecule has 0 aliphatic rings. The molecule has 1 aromatic heterocycles. The normalized spacial score (nSPS) is 10.6. The number of nitrogens with zero attached hydrogens (tertiary/aromatic N) is 4. The summed E-state index contributed by atoms with van der Waals surface area (Å²) in [4.78, 5) is 17.8. The lowest BCUT2D eigenvalue weighted by molar-refractivity contribution is 0.213. The Bertz CT molecular complexity index is 376. The highest BCUT2D eigenvalue weighted by molar-refractivity contribution is 7.99. The second-order valence-electron chi connectivity index (χ2n) is 3.94. The first kappa shape index (κ1) is 14.0. The summed E-state index contributed by atoms with van der Waals surface area (Å²) < 4.78 is 1.40. The van der Waals surface area contributed by atoms with Crippen LogP contribution in [0.3, 0.4) is 0 Å². The molecule has 96 valence electrons. The number of hydrogen-bond donors (Lipinski definition) is 0. The molecule has 1 aromatic rings. The van der Waals surface area contributed by atoms with Gasteiger partial charge in [-0.05, 0) is 12.2 Å². The van der Waals surface area contributed by atoms with Gasteiger partial charge >= 0.3 is 6.03 Å². The fourth-order valence-electron chi connectivity index (χ4n) is 1.32. The fourth-order valence-corrected chi connectivity index (χ4v) is 1.98. The van der Waals surface area contributed by atoms with Crippen LogP contribution >= 0.6 is 11.8 Å². The standard InChI is InChI=1S/C11H20N4OS/c1-5-7-8-9-12-10(17-6-2)15(13-9)11(16)14(3)4/h5-8H2,1-4H3. The summed E-state index contributed by atoms with van der Waals surface area (Å²) in [5.74, 6) is 1.64. The van der Waals surface area contributed by atoms with Crippen LogP contribution in [0.1, 0.15) is 32.5 Å². The van der Waals surface area contributed by atoms with E-state index in [1.54, 1.807) is 25.9 Å². The van der Waals surface area contributed by atoms with Gasteiger partial charge in [0.1, 0.15) is 0 Å². The molecule has 0 atom stereocenters. The maximum absolute atomic E-state index is 11.9. The molecule has 0 aromatic carbocycles. The van der Waals surface area contributed by atoms with Gasteiger partial charge in [-0.3, -0.25) is 0 Å². The minimum atomic E-state index is -0.142. The Hall–Kier alpha value is -1.04. The highest BCUT2D eigenvalue weighted by Gasteiger charge is 2.17. The van der Waals surface area contributed by atoms with Crippen molar-refractivity contribution in [1.29, 1.82) is 0 Å². The monoisotopic (exact) mass is 256 g/mol. The molecule has 0 aliphatic carbocycles. The maximum Gasteiger partial charge on any atom is 0.346 e. The number of rotatable bonds is 5. The van der Waals surface area contributed by atoms with Gasteiger partial charge in [0, 0.05) is 20.5 Å². The predicted octanol–water partition coefficient (Wildman–Crippen LogP) is 2.26. The van der Waals surface area contributed by atoms with Crippen molar-refractivity contribution >= 4 is 17.8 Å². The summed E-state index contributed by atoms with van der Waals surface area (Å²) in [5.41, 5.74) is 0. The molecule has 0 spiro atoms. The number of thioether (sulfide) groups is 1. The molecule has 0 bridgehead atoms. The zero-order chi connectivity index (χ0) is 12.8. The zero-order valence-electron chi connectivity index (χ0n) is 10.9. The zero-order valence-corrected chi connectivity index (χ0v) is 11.8. The van der Waals surface area contributed by atoms with E-state index < -0.39 is 0 Å². The molecule has 6 heteroatoms. The van der Waals surface area contributed by atoms with E-state index in [2.05, 4.69) is 17.0 Å². The number of amides is 1. The number of aromatic nitrogens is 3. The molecule has 0 radical (unpaired) electrons. The highest BCUT2D eigenvalue weighted by atomic mass is 32.2. The summed E-state index contributed by atoms with van der Waals surface area (Å²) in [5, 5.41) is 4.97. The van der Waals surface area contributed by atoms with Crippen LogP contribution in [0.25, 0.3) is 0 Å². The number of carbonyl (C=O) groups excluding carboxylic acids is 1. The lowest BCUT2D eigenvalue weighted by Crippen LogP contribution is -2.28. The molecule has 0 saturated carbocycles. The third-order valence-electron chi connectivity index (χ3n) is 2.21. The smallest absolute Gasteiger partial charge is 0.329 e. The van der Waals surface area contributed by atoms with Crippen molar-refractivity contribution < 1.29 is 4.79 Å². The molecule has 1 amide bonds. The van der Waals surface area contributed by atoms with Gasteiger partial charge in [0.05, 0.1) is 0 Å². The van der Waals surface area contributed by atoms with E-state index in [9.17, 15) is 4.79 Å². The molecule has 17 heavy (non-hydrogen) atoms. The SMILES string of the molecule is CCCCc1nc(SCC)n(C(=O)N(C)C)n1. The van der Waals surface area contributed by atoms with Crippen LogP contribution in [0.4, 0.5) is 4.79 Å². The van der Waals surface area contributed by atoms with Crippen LogP contribution in [0.15, 0.2) is 5.16 Å². The maximum atomic E-state index is 11.9. The average molecular weight is 256 g/mol. The predicted molar refractivity (Wildman–Crippen MR) is 69.5 cm³/mol. The minimum Gasteiger partial charge on any atom is -0.329 e. The van der Waals surface area contributed by atoms with Gasteiger partial charge in [-0.15, -0.1) is 5.10 Å². The number of unbranched alkanes of at least 4 members (excludes halogenated alkanes) is 1. The van der Waals surface area contributed by atoms with E-state index in [0.29, 0.717) is 5.16 Å². The van der Waals surface area contributed by atoms with Gasteiger partial charge in [0.25, 0.3) is 0 Å². The van der Waals surface area contributed by atoms with E-state index in [-0.39, 0.29) is 6.03 Å². The van der Waals surface area contributed by atoms with E-state index in [1.807, 2.05) is 6.92 Å². The summed E-state index contributed by atoms with van der Waals surface area (Å²) in [6.07, 6.45) is 2.99. The van der Waals surface area contributed by atoms with Gasteiger partial charge in [-0.1, -0.05) is 32.0 Å². The molecule has 5 nitrogen and oxygen atoms in total. The Balaban J connectivity index is 2.92. The number of carbonyl (C=O) groups is 1. The van der Waals surface area contributed by atoms with E-state index >= 15 is 0 Å². The van der Waals surface area contributed by atoms with Crippen molar-refractivity contribution in [3.8, 4) is 0 Å². The quantitative estimate of drug-likeness (QED) is 0.758. The molecule has 1 rings (SSSR count). The Morgan fingerprint density at radius 2 is 2.12 bits per heavy atom. The van der Waals surface area contributed by atoms with Crippen molar-refractivity contribution in [3.63, 3.8) is 0 Å². The van der Waals surface area contributed by atoms with Crippen molar-refractivity contribution in [2.24, 2.45) is 0 Å². The molecule has 0 aliphatic heterocycles. The second-order valence-corrected chi connectivity index (χ2v) is 5.17. The van der Waals surface area contributed by atoms with Gasteiger partial charge in [0.15, 0.2) is 11.0 Å². The summed E-state index contributed by atoms with van der Waals surface area (Å²) in [6.45, 7) is 4.17. The Labute approximate surface area is 107 Å². The van der Waals surface area contributed by atoms with Crippen molar-refractivity contribution in [2.45, 2.75) is 38.3 Å². The first-order chi connectivity index (χ1) is 8.10. The van der Waals surface area contributed by atoms with Crippen LogP contribution in [0.5, 0.6) is 0 Å². The fraction of sp³-hybridized carbons (Fsp3) is 0.727. The molecule has 1 heterocycles. The van der Waals surface area contributed by atoms with Crippen LogP contribution < -0.4 is 0 Å². The van der Waals surface area contributed by atoms with Crippen molar-refractivity contribution in [1.82, 2.24) is 19.7 Å². The average Bonchev–Trinajstić information content (AvgIpc) is 2.69. The number of hydrogen-bond acceptors (Lipinski definition) is 4. The first-order valence-electron chi connectivity index (χ1n) is 5.90. The summed E-state index contributed by atoms with van der Waals surface area (Å²) in [7, 11) is 3.44. The number of aryl methyl sites for hydroxylation is 1. The second kappa shape index (κ2) is 6.64. The molecular weight excluding hydrogens is 236 g/mol. The molecule has 0 unspecified atom stereocenters. The molecule has 0 N–H and O–H groups in total. The third-order valence-corrected chi connectivity index (χ3v) is 3.02. The molecular formula is C11H20N4OS. The first-order valence-corrected chi connectivity index (χ1v) is 6.89. The van der Waals surface area contributed by atoms with Crippen molar-refractivity contribution in [3.05, 3.63) is 5.82 Å². The third kappa shape index (κ3) is 3.73. The van der Waals surface area contributed by atoms with E-state index in [4.69, 9.17) is 0 Å². The van der Waals surface area contributed by atoms with Crippen LogP contribution in [-0.4, -0.2) is 45.5 Å². The van der Waals surface area contributed by atoms with Crippen LogP contribution in [0, 0.1) is 0 Å². The molecule has 0 saturated heterocycles. The van der Waals surface area contributed by atoms with Gasteiger partial charge in [-0.2, -0.15) is 4.68 Å². The van der Waals surface area contributed by atoms with Gasteiger partial charge < -0.3 is 4.90 Å². The topological polar surface area (TPSA) is 51.0 Å². The van der Waals surface area contributed by atoms with E-state index in [0.717, 1.165) is 30.8 Å². The minimum absolute atomic E-state index is 0.142. The Morgan fingerprint density at radius 3 is 2.65 bits per heavy atom. The van der Waals surface area contributed by atoms with Crippen LogP contribution in [-0.2, 0) is 6.42 Å². The summed E-state index contributed by atoms with van der Waals surface area (Å²) in [6, 6.07) is -0.142. The Kier molecular flexibility index (Phi) is 5.47. The summed E-state index contributed by atoms with van der Waals surface area (Å²) >= 11 is 1.54.